The molecule has 168 valence electrons. The highest BCUT2D eigenvalue weighted by molar-refractivity contribution is 6.21. The molecular weight excluding hydrogens is 404 g/mol. The number of hydrogen-bond donors (Lipinski definition) is 0. The average Bonchev–Trinajstić information content (AvgIpc) is 3.28. The number of ether oxygens (including phenoxy) is 7. The van der Waals surface area contributed by atoms with Crippen LogP contribution < -0.4 is 0 Å². The molecule has 3 aliphatic rings. The summed E-state index contributed by atoms with van der Waals surface area (Å²) in [7, 11) is 4.68. The molecule has 8 nitrogen and oxygen atoms in total. The molecule has 7 unspecified atom stereocenters. The molecule has 0 bridgehead atoms. The predicted molar refractivity (Wildman–Crippen MR) is 104 cm³/mol. The summed E-state index contributed by atoms with van der Waals surface area (Å²) >= 11 is 6.61. The average molecular weight is 437 g/mol. The molecule has 2 saturated heterocycles. The minimum atomic E-state index is -0.394. The Morgan fingerprint density at radius 2 is 1.97 bits per heavy atom. The highest BCUT2D eigenvalue weighted by Gasteiger charge is 2.54. The van der Waals surface area contributed by atoms with Crippen LogP contribution in [0.3, 0.4) is 0 Å². The molecule has 0 radical (unpaired) electrons. The molecule has 0 aromatic rings. The Kier molecular flexibility index (Phi) is 8.98. The summed E-state index contributed by atoms with van der Waals surface area (Å²) in [5.41, 5.74) is 0. The first-order valence-electron chi connectivity index (χ1n) is 10.3. The molecule has 0 amide bonds. The highest BCUT2D eigenvalue weighted by atomic mass is 35.5. The lowest BCUT2D eigenvalue weighted by atomic mass is 9.88. The largest absolute Gasteiger partial charge is 0.469 e. The first-order valence-corrected chi connectivity index (χ1v) is 10.8. The van der Waals surface area contributed by atoms with Gasteiger partial charge in [-0.3, -0.25) is 4.79 Å². The third kappa shape index (κ3) is 5.81. The van der Waals surface area contributed by atoms with Crippen LogP contribution in [0.2, 0.25) is 0 Å². The van der Waals surface area contributed by atoms with E-state index in [1.165, 1.54) is 7.11 Å². The molecule has 3 rings (SSSR count). The highest BCUT2D eigenvalue weighted by Crippen LogP contribution is 2.48. The molecule has 29 heavy (non-hydrogen) atoms. The number of hydrogen-bond acceptors (Lipinski definition) is 8. The van der Waals surface area contributed by atoms with Crippen LogP contribution in [-0.4, -0.2) is 83.4 Å². The number of fused-ring (bicyclic) bond motifs is 1. The second kappa shape index (κ2) is 11.2. The zero-order chi connectivity index (χ0) is 20.8. The van der Waals surface area contributed by atoms with Gasteiger partial charge in [-0.05, 0) is 25.2 Å². The predicted octanol–water partition coefficient (Wildman–Crippen LogP) is 2.11. The number of halogens is 1. The van der Waals surface area contributed by atoms with E-state index in [4.69, 9.17) is 40.0 Å². The summed E-state index contributed by atoms with van der Waals surface area (Å²) in [6.45, 7) is 1.55. The first kappa shape index (κ1) is 23.2. The van der Waals surface area contributed by atoms with Crippen molar-refractivity contribution < 1.29 is 38.0 Å². The Morgan fingerprint density at radius 1 is 1.17 bits per heavy atom. The number of carbonyl (C=O) groups is 1. The number of esters is 1. The monoisotopic (exact) mass is 436 g/mol. The van der Waals surface area contributed by atoms with E-state index in [2.05, 4.69) is 4.74 Å². The van der Waals surface area contributed by atoms with Crippen molar-refractivity contribution in [3.05, 3.63) is 0 Å². The van der Waals surface area contributed by atoms with Crippen LogP contribution in [0.4, 0.5) is 0 Å². The van der Waals surface area contributed by atoms with Crippen molar-refractivity contribution in [2.24, 2.45) is 11.8 Å². The maximum absolute atomic E-state index is 11.3. The van der Waals surface area contributed by atoms with Gasteiger partial charge in [0.15, 0.2) is 12.6 Å². The van der Waals surface area contributed by atoms with Crippen molar-refractivity contribution in [1.82, 2.24) is 0 Å². The fraction of sp³-hybridized carbons (Fsp3) is 0.950. The van der Waals surface area contributed by atoms with Crippen LogP contribution >= 0.6 is 11.6 Å². The Balaban J connectivity index is 1.58. The zero-order valence-corrected chi connectivity index (χ0v) is 18.2. The van der Waals surface area contributed by atoms with E-state index in [1.807, 2.05) is 0 Å². The lowest BCUT2D eigenvalue weighted by Gasteiger charge is -2.33. The second-order valence-electron chi connectivity index (χ2n) is 7.80. The summed E-state index contributed by atoms with van der Waals surface area (Å²) in [5.74, 6) is 0.0285. The van der Waals surface area contributed by atoms with E-state index in [9.17, 15) is 4.79 Å². The van der Waals surface area contributed by atoms with E-state index in [0.29, 0.717) is 39.1 Å². The maximum Gasteiger partial charge on any atom is 0.305 e. The molecule has 1 saturated carbocycles. The van der Waals surface area contributed by atoms with Gasteiger partial charge in [0.2, 0.25) is 0 Å². The molecule has 7 atom stereocenters. The quantitative estimate of drug-likeness (QED) is 0.292. The van der Waals surface area contributed by atoms with Crippen molar-refractivity contribution in [2.75, 3.05) is 41.2 Å². The van der Waals surface area contributed by atoms with Crippen molar-refractivity contribution >= 4 is 17.6 Å². The summed E-state index contributed by atoms with van der Waals surface area (Å²) in [4.78, 5) is 11.3. The maximum atomic E-state index is 11.3. The third-order valence-corrected chi connectivity index (χ3v) is 6.60. The van der Waals surface area contributed by atoms with Gasteiger partial charge >= 0.3 is 5.97 Å². The topological polar surface area (TPSA) is 81.7 Å². The molecule has 2 heterocycles. The van der Waals surface area contributed by atoms with E-state index in [1.54, 1.807) is 14.2 Å². The summed E-state index contributed by atoms with van der Waals surface area (Å²) in [5, 5.41) is -0.149. The van der Waals surface area contributed by atoms with Crippen LogP contribution in [0.15, 0.2) is 0 Å². The van der Waals surface area contributed by atoms with Gasteiger partial charge in [0.1, 0.15) is 0 Å². The molecule has 1 aliphatic carbocycles. The van der Waals surface area contributed by atoms with Crippen LogP contribution in [-0.2, 0) is 38.0 Å². The van der Waals surface area contributed by atoms with E-state index in [0.717, 1.165) is 12.8 Å². The first-order chi connectivity index (χ1) is 14.1. The van der Waals surface area contributed by atoms with Crippen LogP contribution in [0.25, 0.3) is 0 Å². The van der Waals surface area contributed by atoms with Gasteiger partial charge in [-0.2, -0.15) is 0 Å². The van der Waals surface area contributed by atoms with E-state index in [-0.39, 0.29) is 47.8 Å². The molecule has 2 aliphatic heterocycles. The van der Waals surface area contributed by atoms with E-state index >= 15 is 0 Å². The number of carbonyl (C=O) groups excluding carboxylic acids is 1. The van der Waals surface area contributed by atoms with Gasteiger partial charge in [-0.25, -0.2) is 0 Å². The lowest BCUT2D eigenvalue weighted by Crippen LogP contribution is -2.41. The summed E-state index contributed by atoms with van der Waals surface area (Å²) in [6.07, 6.45) is 2.42. The summed E-state index contributed by atoms with van der Waals surface area (Å²) < 4.78 is 39.5. The van der Waals surface area contributed by atoms with Gasteiger partial charge in [-0.15, -0.1) is 11.6 Å². The SMILES string of the molecule is COC(=O)CCCC(Cl)C1CC2C(CC(OC3COCCO3)C2C(OC)OC)O1. The van der Waals surface area contributed by atoms with Gasteiger partial charge < -0.3 is 33.2 Å². The Bertz CT molecular complexity index is 511. The van der Waals surface area contributed by atoms with Crippen LogP contribution in [0.5, 0.6) is 0 Å². The molecule has 3 fully saturated rings. The van der Waals surface area contributed by atoms with Gasteiger partial charge in [-0.1, -0.05) is 0 Å². The van der Waals surface area contributed by atoms with Gasteiger partial charge in [0, 0.05) is 33.0 Å². The molecule has 0 aromatic heterocycles. The normalized spacial score (nSPS) is 35.6. The lowest BCUT2D eigenvalue weighted by molar-refractivity contribution is -0.253. The summed E-state index contributed by atoms with van der Waals surface area (Å²) in [6, 6.07) is 0. The zero-order valence-electron chi connectivity index (χ0n) is 17.4. The van der Waals surface area contributed by atoms with Gasteiger partial charge in [0.25, 0.3) is 0 Å². The molecule has 9 heteroatoms. The fourth-order valence-electron chi connectivity index (χ4n) is 4.73. The van der Waals surface area contributed by atoms with Crippen molar-refractivity contribution in [1.29, 1.82) is 0 Å². The standard InChI is InChI=1S/C20H33ClO8/c1-23-17(22)6-4-5-13(21)15-9-12-14(28-15)10-16(19(12)20(24-2)25-3)29-18-11-26-7-8-27-18/h12-16,18-20H,4-11H2,1-3H3. The van der Waals surface area contributed by atoms with Crippen molar-refractivity contribution in [3.63, 3.8) is 0 Å². The Hall–Kier alpha value is -0.480. The van der Waals surface area contributed by atoms with Crippen molar-refractivity contribution in [3.8, 4) is 0 Å². The van der Waals surface area contributed by atoms with Crippen molar-refractivity contribution in [2.45, 2.75) is 68.4 Å². The minimum absolute atomic E-state index is 0.0180. The van der Waals surface area contributed by atoms with Crippen LogP contribution in [0, 0.1) is 11.8 Å². The van der Waals surface area contributed by atoms with Crippen LogP contribution in [0.1, 0.15) is 32.1 Å². The molecule has 0 N–H and O–H groups in total. The second-order valence-corrected chi connectivity index (χ2v) is 8.36. The molecular formula is C20H33ClO8. The Morgan fingerprint density at radius 3 is 2.62 bits per heavy atom. The smallest absolute Gasteiger partial charge is 0.305 e. The molecule has 0 aromatic carbocycles. The molecule has 0 spiro atoms. The van der Waals surface area contributed by atoms with Gasteiger partial charge in [0.05, 0.1) is 50.6 Å². The fourth-order valence-corrected chi connectivity index (χ4v) is 5.05. The number of rotatable bonds is 10. The number of alkyl halides is 1. The van der Waals surface area contributed by atoms with E-state index < -0.39 is 6.29 Å². The number of methoxy groups -OCH3 is 3. The third-order valence-electron chi connectivity index (χ3n) is 6.10. The Labute approximate surface area is 177 Å². The minimum Gasteiger partial charge on any atom is -0.469 e.